The zero-order chi connectivity index (χ0) is 19.5. The molecule has 1 aliphatic rings. The molecule has 144 valence electrons. The molecule has 2 N–H and O–H groups in total. The van der Waals surface area contributed by atoms with E-state index in [4.69, 9.17) is 4.74 Å². The third-order valence-corrected chi connectivity index (χ3v) is 5.14. The summed E-state index contributed by atoms with van der Waals surface area (Å²) in [5.41, 5.74) is 3.89. The molecule has 2 aromatic carbocycles. The van der Waals surface area contributed by atoms with E-state index in [1.54, 1.807) is 4.90 Å². The molecule has 6 heteroatoms. The average Bonchev–Trinajstić information content (AvgIpc) is 3.36. The summed E-state index contributed by atoms with van der Waals surface area (Å²) in [6, 6.07) is 17.5. The number of benzene rings is 2. The highest BCUT2D eigenvalue weighted by Gasteiger charge is 2.33. The van der Waals surface area contributed by atoms with Gasteiger partial charge in [0.2, 0.25) is 11.8 Å². The number of rotatable bonds is 5. The number of para-hydroxylation sites is 1. The number of likely N-dealkylation sites (tertiary alicyclic amines) is 1. The monoisotopic (exact) mass is 377 g/mol. The van der Waals surface area contributed by atoms with Crippen molar-refractivity contribution in [1.82, 2.24) is 9.88 Å². The fourth-order valence-electron chi connectivity index (χ4n) is 3.73. The number of methoxy groups -OCH3 is 1. The molecule has 1 aliphatic heterocycles. The second kappa shape index (κ2) is 7.86. The Morgan fingerprint density at radius 1 is 1.18 bits per heavy atom. The highest BCUT2D eigenvalue weighted by atomic mass is 16.5. The number of amides is 2. The molecule has 28 heavy (non-hydrogen) atoms. The van der Waals surface area contributed by atoms with Crippen LogP contribution in [0, 0.1) is 0 Å². The van der Waals surface area contributed by atoms with E-state index in [2.05, 4.69) is 22.4 Å². The highest BCUT2D eigenvalue weighted by molar-refractivity contribution is 5.98. The van der Waals surface area contributed by atoms with Gasteiger partial charge in [-0.3, -0.25) is 9.59 Å². The molecule has 0 bridgehead atoms. The SMILES string of the molecule is COCC(=O)N1CCC[C@@H]1C(=O)Nc1ccc(-c2cc3ccccc3[nH]2)cc1. The topological polar surface area (TPSA) is 74.4 Å². The van der Waals surface area contributed by atoms with E-state index in [9.17, 15) is 9.59 Å². The molecule has 2 amide bonds. The van der Waals surface area contributed by atoms with Crippen molar-refractivity contribution in [2.45, 2.75) is 18.9 Å². The van der Waals surface area contributed by atoms with Gasteiger partial charge in [-0.15, -0.1) is 0 Å². The summed E-state index contributed by atoms with van der Waals surface area (Å²) in [5, 5.41) is 4.10. The zero-order valence-electron chi connectivity index (χ0n) is 15.8. The maximum Gasteiger partial charge on any atom is 0.249 e. The van der Waals surface area contributed by atoms with Crippen LogP contribution < -0.4 is 5.32 Å². The van der Waals surface area contributed by atoms with E-state index in [1.807, 2.05) is 42.5 Å². The third kappa shape index (κ3) is 3.64. The summed E-state index contributed by atoms with van der Waals surface area (Å²) in [5.74, 6) is -0.297. The number of hydrogen-bond acceptors (Lipinski definition) is 3. The Labute approximate surface area is 163 Å². The fraction of sp³-hybridized carbons (Fsp3) is 0.273. The minimum absolute atomic E-state index is 0.00295. The summed E-state index contributed by atoms with van der Waals surface area (Å²) in [7, 11) is 1.48. The standard InChI is InChI=1S/C22H23N3O3/c1-28-14-21(26)25-12-4-7-20(25)22(27)23-17-10-8-15(9-11-17)19-13-16-5-2-3-6-18(16)24-19/h2-3,5-6,8-11,13,20,24H,4,7,12,14H2,1H3,(H,23,27)/t20-/m1/s1. The number of aromatic nitrogens is 1. The van der Waals surface area contributed by atoms with Crippen molar-refractivity contribution in [3.8, 4) is 11.3 Å². The molecule has 6 nitrogen and oxygen atoms in total. The Balaban J connectivity index is 1.45. The number of carbonyl (C=O) groups excluding carboxylic acids is 2. The van der Waals surface area contributed by atoms with Crippen molar-refractivity contribution >= 4 is 28.4 Å². The lowest BCUT2D eigenvalue weighted by Crippen LogP contribution is -2.44. The minimum atomic E-state index is -0.434. The lowest BCUT2D eigenvalue weighted by atomic mass is 10.1. The first kappa shape index (κ1) is 18.3. The minimum Gasteiger partial charge on any atom is -0.375 e. The van der Waals surface area contributed by atoms with E-state index in [0.717, 1.165) is 34.3 Å². The van der Waals surface area contributed by atoms with E-state index < -0.39 is 6.04 Å². The Morgan fingerprint density at radius 3 is 2.71 bits per heavy atom. The number of aromatic amines is 1. The van der Waals surface area contributed by atoms with Crippen LogP contribution in [0.5, 0.6) is 0 Å². The number of carbonyl (C=O) groups is 2. The first-order valence-electron chi connectivity index (χ1n) is 9.43. The van der Waals surface area contributed by atoms with Gasteiger partial charge in [-0.05, 0) is 42.7 Å². The van der Waals surface area contributed by atoms with Crippen molar-refractivity contribution in [1.29, 1.82) is 0 Å². The number of hydrogen-bond donors (Lipinski definition) is 2. The van der Waals surface area contributed by atoms with E-state index in [0.29, 0.717) is 13.0 Å². The molecule has 1 fully saturated rings. The van der Waals surface area contributed by atoms with Crippen LogP contribution in [0.15, 0.2) is 54.6 Å². The molecular formula is C22H23N3O3. The molecule has 1 aromatic heterocycles. The molecule has 0 spiro atoms. The summed E-state index contributed by atoms with van der Waals surface area (Å²) in [6.45, 7) is 0.600. The lowest BCUT2D eigenvalue weighted by molar-refractivity contribution is -0.139. The molecule has 1 saturated heterocycles. The largest absolute Gasteiger partial charge is 0.375 e. The third-order valence-electron chi connectivity index (χ3n) is 5.14. The van der Waals surface area contributed by atoms with Crippen LogP contribution in [0.2, 0.25) is 0 Å². The van der Waals surface area contributed by atoms with Gasteiger partial charge < -0.3 is 19.9 Å². The van der Waals surface area contributed by atoms with Gasteiger partial charge in [-0.25, -0.2) is 0 Å². The van der Waals surface area contributed by atoms with E-state index in [-0.39, 0.29) is 18.4 Å². The van der Waals surface area contributed by atoms with Gasteiger partial charge in [-0.2, -0.15) is 0 Å². The first-order valence-corrected chi connectivity index (χ1v) is 9.43. The van der Waals surface area contributed by atoms with Crippen molar-refractivity contribution < 1.29 is 14.3 Å². The molecule has 0 aliphatic carbocycles. The number of nitrogens with one attached hydrogen (secondary N) is 2. The molecule has 0 radical (unpaired) electrons. The average molecular weight is 377 g/mol. The molecular weight excluding hydrogens is 354 g/mol. The van der Waals surface area contributed by atoms with Crippen LogP contribution in [0.4, 0.5) is 5.69 Å². The normalized spacial score (nSPS) is 16.5. The van der Waals surface area contributed by atoms with Gasteiger partial charge in [0, 0.05) is 35.9 Å². The maximum atomic E-state index is 12.7. The Bertz CT molecular complexity index is 961. The maximum absolute atomic E-state index is 12.7. The van der Waals surface area contributed by atoms with Crippen LogP contribution >= 0.6 is 0 Å². The van der Waals surface area contributed by atoms with E-state index >= 15 is 0 Å². The van der Waals surface area contributed by atoms with Gasteiger partial charge in [0.25, 0.3) is 0 Å². The van der Waals surface area contributed by atoms with Gasteiger partial charge in [0.1, 0.15) is 12.6 Å². The molecule has 1 atom stereocenters. The highest BCUT2D eigenvalue weighted by Crippen LogP contribution is 2.26. The Morgan fingerprint density at radius 2 is 1.96 bits per heavy atom. The predicted octanol–water partition coefficient (Wildman–Crippen LogP) is 3.41. The molecule has 3 aromatic rings. The smallest absolute Gasteiger partial charge is 0.249 e. The van der Waals surface area contributed by atoms with Crippen molar-refractivity contribution in [3.63, 3.8) is 0 Å². The summed E-state index contributed by atoms with van der Waals surface area (Å²) in [6.07, 6.45) is 1.50. The van der Waals surface area contributed by atoms with Crippen LogP contribution in [0.25, 0.3) is 22.2 Å². The van der Waals surface area contributed by atoms with Crippen molar-refractivity contribution in [2.75, 3.05) is 25.6 Å². The second-order valence-electron chi connectivity index (χ2n) is 7.02. The number of ether oxygens (including phenoxy) is 1. The zero-order valence-corrected chi connectivity index (χ0v) is 15.8. The van der Waals surface area contributed by atoms with Gasteiger partial charge in [-0.1, -0.05) is 30.3 Å². The Hall–Kier alpha value is -3.12. The number of fused-ring (bicyclic) bond motifs is 1. The second-order valence-corrected chi connectivity index (χ2v) is 7.02. The molecule has 4 rings (SSSR count). The van der Waals surface area contributed by atoms with Crippen molar-refractivity contribution in [3.05, 3.63) is 54.6 Å². The number of H-pyrrole nitrogens is 1. The number of anilines is 1. The predicted molar refractivity (Wildman–Crippen MR) is 109 cm³/mol. The Kier molecular flexibility index (Phi) is 5.12. The van der Waals surface area contributed by atoms with Crippen LogP contribution in [0.1, 0.15) is 12.8 Å². The van der Waals surface area contributed by atoms with E-state index in [1.165, 1.54) is 7.11 Å². The summed E-state index contributed by atoms with van der Waals surface area (Å²) in [4.78, 5) is 29.8. The van der Waals surface area contributed by atoms with Crippen molar-refractivity contribution in [2.24, 2.45) is 0 Å². The van der Waals surface area contributed by atoms with Crippen LogP contribution in [-0.2, 0) is 14.3 Å². The number of nitrogens with zero attached hydrogens (tertiary/aromatic N) is 1. The first-order chi connectivity index (χ1) is 13.7. The van der Waals surface area contributed by atoms with Crippen LogP contribution in [-0.4, -0.2) is 48.0 Å². The van der Waals surface area contributed by atoms with Gasteiger partial charge in [0.15, 0.2) is 0 Å². The molecule has 2 heterocycles. The van der Waals surface area contributed by atoms with Gasteiger partial charge >= 0.3 is 0 Å². The lowest BCUT2D eigenvalue weighted by Gasteiger charge is -2.23. The fourth-order valence-corrected chi connectivity index (χ4v) is 3.73. The summed E-state index contributed by atoms with van der Waals surface area (Å²) >= 11 is 0. The molecule has 0 saturated carbocycles. The quantitative estimate of drug-likeness (QED) is 0.716. The van der Waals surface area contributed by atoms with Crippen LogP contribution in [0.3, 0.4) is 0 Å². The van der Waals surface area contributed by atoms with Gasteiger partial charge in [0.05, 0.1) is 0 Å². The molecule has 0 unspecified atom stereocenters. The summed E-state index contributed by atoms with van der Waals surface area (Å²) < 4.78 is 4.91.